The van der Waals surface area contributed by atoms with Crippen molar-refractivity contribution in [3.63, 3.8) is 0 Å². The molecule has 0 saturated carbocycles. The minimum Gasteiger partial charge on any atom is -0.496 e. The molecule has 172 valence electrons. The summed E-state index contributed by atoms with van der Waals surface area (Å²) in [5.74, 6) is 1.33. The van der Waals surface area contributed by atoms with Gasteiger partial charge >= 0.3 is 5.69 Å². The Morgan fingerprint density at radius 3 is 2.42 bits per heavy atom. The van der Waals surface area contributed by atoms with Gasteiger partial charge in [0.1, 0.15) is 18.1 Å². The van der Waals surface area contributed by atoms with E-state index in [9.17, 15) is 4.79 Å². The van der Waals surface area contributed by atoms with Crippen molar-refractivity contribution in [2.45, 2.75) is 39.7 Å². The van der Waals surface area contributed by atoms with Crippen LogP contribution in [-0.2, 0) is 19.1 Å². The third kappa shape index (κ3) is 4.39. The zero-order chi connectivity index (χ0) is 23.8. The van der Waals surface area contributed by atoms with Gasteiger partial charge in [0.05, 0.1) is 29.7 Å². The van der Waals surface area contributed by atoms with Crippen LogP contribution in [0.3, 0.4) is 0 Å². The Labute approximate surface area is 192 Å². The molecule has 9 heteroatoms. The highest BCUT2D eigenvalue weighted by Crippen LogP contribution is 2.28. The van der Waals surface area contributed by atoms with Crippen molar-refractivity contribution >= 4 is 0 Å². The molecule has 0 spiro atoms. The molecule has 2 aromatic heterocycles. The van der Waals surface area contributed by atoms with Crippen molar-refractivity contribution in [2.24, 2.45) is 7.05 Å². The first kappa shape index (κ1) is 22.3. The van der Waals surface area contributed by atoms with E-state index in [1.165, 1.54) is 9.36 Å². The normalized spacial score (nSPS) is 11.6. The lowest BCUT2D eigenvalue weighted by Crippen LogP contribution is -2.23. The molecule has 0 N–H and O–H groups in total. The van der Waals surface area contributed by atoms with Gasteiger partial charge in [-0.2, -0.15) is 14.5 Å². The fourth-order valence-corrected chi connectivity index (χ4v) is 3.51. The number of nitrogens with zero attached hydrogens (tertiary/aromatic N) is 6. The third-order valence-electron chi connectivity index (χ3n) is 5.43. The summed E-state index contributed by atoms with van der Waals surface area (Å²) in [5.41, 5.74) is 3.86. The first-order valence-electron chi connectivity index (χ1n) is 10.6. The number of aromatic nitrogens is 6. The molecule has 0 radical (unpaired) electrons. The highest BCUT2D eigenvalue weighted by Gasteiger charge is 2.18. The summed E-state index contributed by atoms with van der Waals surface area (Å²) in [4.78, 5) is 12.4. The van der Waals surface area contributed by atoms with Crippen LogP contribution in [0.2, 0.25) is 0 Å². The van der Waals surface area contributed by atoms with Gasteiger partial charge in [-0.3, -0.25) is 0 Å². The Morgan fingerprint density at radius 2 is 1.82 bits per heavy atom. The average Bonchev–Trinajstić information content (AvgIpc) is 3.40. The molecule has 0 saturated heterocycles. The molecule has 0 amide bonds. The number of ether oxygens (including phenoxy) is 2. The van der Waals surface area contributed by atoms with Crippen molar-refractivity contribution < 1.29 is 9.47 Å². The lowest BCUT2D eigenvalue weighted by Gasteiger charge is -2.16. The minimum atomic E-state index is -0.348. The summed E-state index contributed by atoms with van der Waals surface area (Å²) < 4.78 is 15.9. The van der Waals surface area contributed by atoms with Crippen LogP contribution in [0.4, 0.5) is 0 Å². The molecule has 0 aliphatic rings. The quantitative estimate of drug-likeness (QED) is 0.449. The van der Waals surface area contributed by atoms with Crippen LogP contribution in [0.25, 0.3) is 11.4 Å². The monoisotopic (exact) mass is 448 g/mol. The largest absolute Gasteiger partial charge is 0.496 e. The minimum absolute atomic E-state index is 0.0130. The predicted molar refractivity (Wildman–Crippen MR) is 124 cm³/mol. The van der Waals surface area contributed by atoms with Crippen LogP contribution in [0.5, 0.6) is 11.5 Å². The van der Waals surface area contributed by atoms with Gasteiger partial charge in [0.15, 0.2) is 0 Å². The molecular formula is C24H28N6O3. The first-order chi connectivity index (χ1) is 15.7. The second-order valence-electron chi connectivity index (χ2n) is 8.89. The van der Waals surface area contributed by atoms with E-state index < -0.39 is 0 Å². The van der Waals surface area contributed by atoms with E-state index in [0.717, 1.165) is 22.7 Å². The topological polar surface area (TPSA) is 89.0 Å². The zero-order valence-electron chi connectivity index (χ0n) is 19.7. The molecule has 2 heterocycles. The summed E-state index contributed by atoms with van der Waals surface area (Å²) in [5, 5.41) is 12.5. The Balaban J connectivity index is 1.61. The fraction of sp³-hybridized carbons (Fsp3) is 0.333. The van der Waals surface area contributed by atoms with Crippen LogP contribution in [0.1, 0.15) is 37.6 Å². The summed E-state index contributed by atoms with van der Waals surface area (Å²) in [7, 11) is 3.13. The SMILES string of the molecule is COc1cccc(-n2nnn(C)c2=O)c1COc1ccc(-n2ccc(C(C)(C)C)n2)cc1C. The van der Waals surface area contributed by atoms with Gasteiger partial charge in [0.25, 0.3) is 0 Å². The lowest BCUT2D eigenvalue weighted by molar-refractivity contribution is 0.294. The van der Waals surface area contributed by atoms with Crippen LogP contribution < -0.4 is 15.2 Å². The van der Waals surface area contributed by atoms with Crippen LogP contribution in [0, 0.1) is 6.92 Å². The van der Waals surface area contributed by atoms with E-state index in [1.54, 1.807) is 26.3 Å². The lowest BCUT2D eigenvalue weighted by atomic mass is 9.93. The number of tetrazole rings is 1. The maximum Gasteiger partial charge on any atom is 0.368 e. The highest BCUT2D eigenvalue weighted by atomic mass is 16.5. The summed E-state index contributed by atoms with van der Waals surface area (Å²) >= 11 is 0. The van der Waals surface area contributed by atoms with Crippen molar-refractivity contribution in [2.75, 3.05) is 7.11 Å². The molecule has 2 aromatic carbocycles. The van der Waals surface area contributed by atoms with E-state index in [0.29, 0.717) is 17.0 Å². The molecule has 0 unspecified atom stereocenters. The molecule has 0 aliphatic carbocycles. The third-order valence-corrected chi connectivity index (χ3v) is 5.43. The molecule has 0 atom stereocenters. The molecule has 9 nitrogen and oxygen atoms in total. The second kappa shape index (κ2) is 8.57. The van der Waals surface area contributed by atoms with E-state index >= 15 is 0 Å². The van der Waals surface area contributed by atoms with Gasteiger partial charge in [0, 0.05) is 18.7 Å². The van der Waals surface area contributed by atoms with E-state index in [-0.39, 0.29) is 17.7 Å². The molecule has 4 aromatic rings. The number of benzene rings is 2. The van der Waals surface area contributed by atoms with Crippen LogP contribution in [0.15, 0.2) is 53.5 Å². The average molecular weight is 449 g/mol. The van der Waals surface area contributed by atoms with Crippen molar-refractivity contribution in [3.05, 3.63) is 76.0 Å². The first-order valence-corrected chi connectivity index (χ1v) is 10.6. The molecule has 0 aliphatic heterocycles. The van der Waals surface area contributed by atoms with E-state index in [1.807, 2.05) is 48.1 Å². The highest BCUT2D eigenvalue weighted by molar-refractivity contribution is 5.49. The molecular weight excluding hydrogens is 420 g/mol. The fourth-order valence-electron chi connectivity index (χ4n) is 3.51. The van der Waals surface area contributed by atoms with Gasteiger partial charge < -0.3 is 9.47 Å². The van der Waals surface area contributed by atoms with Crippen LogP contribution in [-0.4, -0.2) is 36.7 Å². The smallest absolute Gasteiger partial charge is 0.368 e. The Kier molecular flexibility index (Phi) is 5.80. The van der Waals surface area contributed by atoms with Gasteiger partial charge in [-0.1, -0.05) is 26.8 Å². The molecule has 33 heavy (non-hydrogen) atoms. The van der Waals surface area contributed by atoms with Crippen molar-refractivity contribution in [1.29, 1.82) is 0 Å². The Hall–Kier alpha value is -3.88. The maximum atomic E-state index is 12.4. The van der Waals surface area contributed by atoms with Crippen molar-refractivity contribution in [3.8, 4) is 22.9 Å². The molecule has 0 bridgehead atoms. The van der Waals surface area contributed by atoms with E-state index in [4.69, 9.17) is 14.6 Å². The van der Waals surface area contributed by atoms with Gasteiger partial charge in [-0.25, -0.2) is 9.48 Å². The van der Waals surface area contributed by atoms with Gasteiger partial charge in [-0.05, 0) is 59.3 Å². The Morgan fingerprint density at radius 1 is 1.03 bits per heavy atom. The maximum absolute atomic E-state index is 12.4. The predicted octanol–water partition coefficient (Wildman–Crippen LogP) is 3.35. The number of hydrogen-bond acceptors (Lipinski definition) is 6. The number of hydrogen-bond donors (Lipinski definition) is 0. The second-order valence-corrected chi connectivity index (χ2v) is 8.89. The van der Waals surface area contributed by atoms with Crippen molar-refractivity contribution in [1.82, 2.24) is 29.6 Å². The van der Waals surface area contributed by atoms with Gasteiger partial charge in [0.2, 0.25) is 0 Å². The standard InChI is InChI=1S/C24H28N6O3/c1-16-14-17(29-13-12-22(25-29)24(2,3)4)10-11-20(16)33-15-18-19(8-7-9-21(18)32-6)30-23(31)28(5)26-27-30/h7-14H,15H2,1-6H3. The number of aryl methyl sites for hydroxylation is 2. The summed E-state index contributed by atoms with van der Waals surface area (Å²) in [6, 6.07) is 13.4. The van der Waals surface area contributed by atoms with Crippen LogP contribution >= 0.6 is 0 Å². The molecule has 4 rings (SSSR count). The Bertz CT molecular complexity index is 1340. The van der Waals surface area contributed by atoms with Gasteiger partial charge in [-0.15, -0.1) is 0 Å². The molecule has 0 fully saturated rings. The van der Waals surface area contributed by atoms with E-state index in [2.05, 4.69) is 31.2 Å². The summed E-state index contributed by atoms with van der Waals surface area (Å²) in [6.45, 7) is 8.61. The summed E-state index contributed by atoms with van der Waals surface area (Å²) in [6.07, 6.45) is 1.97. The zero-order valence-corrected chi connectivity index (χ0v) is 19.7. The number of rotatable bonds is 6. The number of methoxy groups -OCH3 is 1.